The summed E-state index contributed by atoms with van der Waals surface area (Å²) in [5.41, 5.74) is 8.92. The van der Waals surface area contributed by atoms with Gasteiger partial charge >= 0.3 is 5.97 Å². The zero-order chi connectivity index (χ0) is 9.42. The Morgan fingerprint density at radius 2 is 2.15 bits per heavy atom. The molecule has 5 nitrogen and oxygen atoms in total. The molecule has 2 fully saturated rings. The first-order valence-electron chi connectivity index (χ1n) is 4.31. The predicted octanol–water partition coefficient (Wildman–Crippen LogP) is -0.406. The molecule has 0 bridgehead atoms. The van der Waals surface area contributed by atoms with Crippen molar-refractivity contribution in [1.82, 2.24) is 16.4 Å². The van der Waals surface area contributed by atoms with Crippen LogP contribution in [-0.4, -0.2) is 28.0 Å². The molecule has 6 heteroatoms. The van der Waals surface area contributed by atoms with Crippen LogP contribution >= 0.6 is 15.9 Å². The first kappa shape index (κ1) is 9.39. The molecule has 0 amide bonds. The Morgan fingerprint density at radius 3 is 2.85 bits per heavy atom. The average molecular weight is 250 g/mol. The standard InChI is InChI=1S/C7H12BrN3O2/c8-4-1-3(7(12)13)2-5-6(4)10-11-9-5/h3-6,9-11H,1-2H2,(H,12,13). The van der Waals surface area contributed by atoms with Crippen molar-refractivity contribution in [1.29, 1.82) is 0 Å². The first-order chi connectivity index (χ1) is 6.18. The number of aliphatic carboxylic acids is 1. The fourth-order valence-corrected chi connectivity index (χ4v) is 2.93. The molecule has 74 valence electrons. The maximum atomic E-state index is 10.8. The third-order valence-corrected chi connectivity index (χ3v) is 3.66. The first-order valence-corrected chi connectivity index (χ1v) is 5.23. The van der Waals surface area contributed by atoms with E-state index in [1.807, 2.05) is 0 Å². The number of hydrogen-bond donors (Lipinski definition) is 4. The summed E-state index contributed by atoms with van der Waals surface area (Å²) in [4.78, 5) is 11.0. The lowest BCUT2D eigenvalue weighted by atomic mass is 9.83. The molecule has 1 saturated carbocycles. The molecule has 4 unspecified atom stereocenters. The van der Waals surface area contributed by atoms with Gasteiger partial charge in [-0.15, -0.1) is 0 Å². The number of hydrazine groups is 2. The summed E-state index contributed by atoms with van der Waals surface area (Å²) < 4.78 is 0. The molecule has 13 heavy (non-hydrogen) atoms. The van der Waals surface area contributed by atoms with Gasteiger partial charge in [0.25, 0.3) is 0 Å². The molecule has 4 atom stereocenters. The molecule has 2 rings (SSSR count). The van der Waals surface area contributed by atoms with Gasteiger partial charge in [0.15, 0.2) is 0 Å². The zero-order valence-electron chi connectivity index (χ0n) is 6.96. The Labute approximate surface area is 84.3 Å². The number of carbonyl (C=O) groups is 1. The summed E-state index contributed by atoms with van der Waals surface area (Å²) in [6, 6.07) is 0.495. The van der Waals surface area contributed by atoms with E-state index in [9.17, 15) is 4.79 Å². The van der Waals surface area contributed by atoms with Crippen molar-refractivity contribution in [2.24, 2.45) is 5.92 Å². The number of carboxylic acid groups (broad SMARTS) is 1. The van der Waals surface area contributed by atoms with E-state index in [-0.39, 0.29) is 22.8 Å². The van der Waals surface area contributed by atoms with E-state index in [4.69, 9.17) is 5.11 Å². The van der Waals surface area contributed by atoms with Gasteiger partial charge < -0.3 is 5.11 Å². The SMILES string of the molecule is O=C(O)C1CC(Br)C2NNNC2C1. The van der Waals surface area contributed by atoms with Crippen molar-refractivity contribution in [2.75, 3.05) is 0 Å². The van der Waals surface area contributed by atoms with E-state index in [2.05, 4.69) is 32.3 Å². The number of halogens is 1. The van der Waals surface area contributed by atoms with Gasteiger partial charge in [0.2, 0.25) is 0 Å². The van der Waals surface area contributed by atoms with Crippen LogP contribution in [0, 0.1) is 5.92 Å². The summed E-state index contributed by atoms with van der Waals surface area (Å²) in [6.07, 6.45) is 1.37. The molecule has 1 aliphatic heterocycles. The number of alkyl halides is 1. The molecular formula is C7H12BrN3O2. The highest BCUT2D eigenvalue weighted by Gasteiger charge is 2.41. The molecule has 0 aromatic carbocycles. The van der Waals surface area contributed by atoms with Crippen LogP contribution in [0.15, 0.2) is 0 Å². The molecule has 0 radical (unpaired) electrons. The van der Waals surface area contributed by atoms with Gasteiger partial charge in [-0.3, -0.25) is 4.79 Å². The molecule has 1 saturated heterocycles. The third kappa shape index (κ3) is 1.71. The van der Waals surface area contributed by atoms with E-state index < -0.39 is 5.97 Å². The molecule has 0 aromatic rings. The predicted molar refractivity (Wildman–Crippen MR) is 50.1 cm³/mol. The summed E-state index contributed by atoms with van der Waals surface area (Å²) in [7, 11) is 0. The molecule has 1 aliphatic carbocycles. The lowest BCUT2D eigenvalue weighted by molar-refractivity contribution is -0.143. The summed E-state index contributed by atoms with van der Waals surface area (Å²) in [6.45, 7) is 0. The number of carboxylic acids is 1. The lowest BCUT2D eigenvalue weighted by Gasteiger charge is -2.32. The Bertz CT molecular complexity index is 226. The molecular weight excluding hydrogens is 238 g/mol. The summed E-state index contributed by atoms with van der Waals surface area (Å²) in [5.74, 6) is -0.934. The van der Waals surface area contributed by atoms with E-state index >= 15 is 0 Å². The minimum atomic E-state index is -0.698. The summed E-state index contributed by atoms with van der Waals surface area (Å²) in [5, 5.41) is 8.89. The second-order valence-corrected chi connectivity index (χ2v) is 4.74. The van der Waals surface area contributed by atoms with Gasteiger partial charge in [-0.1, -0.05) is 15.9 Å². The topological polar surface area (TPSA) is 73.4 Å². The lowest BCUT2D eigenvalue weighted by Crippen LogP contribution is -2.48. The Hall–Kier alpha value is -0.170. The second-order valence-electron chi connectivity index (χ2n) is 3.57. The largest absolute Gasteiger partial charge is 0.481 e. The van der Waals surface area contributed by atoms with Gasteiger partial charge in [0.1, 0.15) is 0 Å². The minimum Gasteiger partial charge on any atom is -0.481 e. The normalized spacial score (nSPS) is 44.4. The maximum absolute atomic E-state index is 10.8. The average Bonchev–Trinajstić information content (AvgIpc) is 2.51. The van der Waals surface area contributed by atoms with Crippen LogP contribution in [0.1, 0.15) is 12.8 Å². The zero-order valence-corrected chi connectivity index (χ0v) is 8.54. The molecule has 4 N–H and O–H groups in total. The van der Waals surface area contributed by atoms with Crippen molar-refractivity contribution in [2.45, 2.75) is 29.8 Å². The van der Waals surface area contributed by atoms with Crippen molar-refractivity contribution in [3.63, 3.8) is 0 Å². The van der Waals surface area contributed by atoms with Crippen LogP contribution in [0.5, 0.6) is 0 Å². The monoisotopic (exact) mass is 249 g/mol. The summed E-state index contributed by atoms with van der Waals surface area (Å²) >= 11 is 3.50. The van der Waals surface area contributed by atoms with Crippen LogP contribution in [0.2, 0.25) is 0 Å². The van der Waals surface area contributed by atoms with Crippen molar-refractivity contribution in [3.05, 3.63) is 0 Å². The van der Waals surface area contributed by atoms with E-state index in [0.717, 1.165) is 0 Å². The Morgan fingerprint density at radius 1 is 1.38 bits per heavy atom. The number of nitrogens with one attached hydrogen (secondary N) is 3. The van der Waals surface area contributed by atoms with Crippen LogP contribution < -0.4 is 16.4 Å². The molecule has 0 aromatic heterocycles. The van der Waals surface area contributed by atoms with Gasteiger partial charge in [0.05, 0.1) is 12.0 Å². The molecule has 1 heterocycles. The van der Waals surface area contributed by atoms with E-state index in [1.54, 1.807) is 0 Å². The van der Waals surface area contributed by atoms with Crippen LogP contribution in [0.25, 0.3) is 0 Å². The number of rotatable bonds is 1. The molecule has 2 aliphatic rings. The fraction of sp³-hybridized carbons (Fsp3) is 0.857. The Kier molecular flexibility index (Phi) is 2.55. The maximum Gasteiger partial charge on any atom is 0.306 e. The highest BCUT2D eigenvalue weighted by molar-refractivity contribution is 9.09. The third-order valence-electron chi connectivity index (χ3n) is 2.72. The minimum absolute atomic E-state index is 0.208. The number of hydrogen-bond acceptors (Lipinski definition) is 4. The van der Waals surface area contributed by atoms with E-state index in [1.165, 1.54) is 0 Å². The van der Waals surface area contributed by atoms with Gasteiger partial charge in [-0.05, 0) is 12.8 Å². The Balaban J connectivity index is 2.05. The van der Waals surface area contributed by atoms with Gasteiger partial charge in [-0.2, -0.15) is 5.53 Å². The second kappa shape index (κ2) is 3.53. The quantitative estimate of drug-likeness (QED) is 0.476. The van der Waals surface area contributed by atoms with Crippen LogP contribution in [0.4, 0.5) is 0 Å². The smallest absolute Gasteiger partial charge is 0.306 e. The number of fused-ring (bicyclic) bond motifs is 1. The van der Waals surface area contributed by atoms with Gasteiger partial charge in [0, 0.05) is 10.9 Å². The highest BCUT2D eigenvalue weighted by Crippen LogP contribution is 2.30. The highest BCUT2D eigenvalue weighted by atomic mass is 79.9. The van der Waals surface area contributed by atoms with Crippen LogP contribution in [0.3, 0.4) is 0 Å². The van der Waals surface area contributed by atoms with Gasteiger partial charge in [-0.25, -0.2) is 10.9 Å². The molecule has 0 spiro atoms. The van der Waals surface area contributed by atoms with Crippen molar-refractivity contribution >= 4 is 21.9 Å². The van der Waals surface area contributed by atoms with Crippen molar-refractivity contribution < 1.29 is 9.90 Å². The van der Waals surface area contributed by atoms with E-state index in [0.29, 0.717) is 12.8 Å². The van der Waals surface area contributed by atoms with Crippen LogP contribution in [-0.2, 0) is 4.79 Å². The fourth-order valence-electron chi connectivity index (χ4n) is 1.98. The van der Waals surface area contributed by atoms with Crippen molar-refractivity contribution in [3.8, 4) is 0 Å².